The van der Waals surface area contributed by atoms with Crippen LogP contribution < -0.4 is 18.9 Å². The predicted octanol–water partition coefficient (Wildman–Crippen LogP) is 5.71. The summed E-state index contributed by atoms with van der Waals surface area (Å²) in [5, 5.41) is 0. The van der Waals surface area contributed by atoms with Gasteiger partial charge in [-0.1, -0.05) is 36.5 Å². The molecule has 5 aliphatic carbocycles. The van der Waals surface area contributed by atoms with Crippen molar-refractivity contribution in [3.8, 4) is 0 Å². The van der Waals surface area contributed by atoms with E-state index in [9.17, 15) is 19.2 Å². The first-order valence-corrected chi connectivity index (χ1v) is 20.1. The molecule has 1 amide bonds. The maximum absolute atomic E-state index is 11.7. The van der Waals surface area contributed by atoms with Gasteiger partial charge in [0.25, 0.3) is 0 Å². The summed E-state index contributed by atoms with van der Waals surface area (Å²) in [4.78, 5) is 46.4. The Morgan fingerprint density at radius 2 is 1.07 bits per heavy atom. The van der Waals surface area contributed by atoms with Gasteiger partial charge in [-0.25, -0.2) is 14.4 Å². The van der Waals surface area contributed by atoms with Gasteiger partial charge in [0, 0.05) is 45.3 Å². The van der Waals surface area contributed by atoms with E-state index in [0.29, 0.717) is 23.5 Å². The van der Waals surface area contributed by atoms with Crippen molar-refractivity contribution < 1.29 is 67.9 Å². The Kier molecular flexibility index (Phi) is 23.0. The summed E-state index contributed by atoms with van der Waals surface area (Å²) in [5.41, 5.74) is -1.78. The number of fused-ring (bicyclic) bond motifs is 6. The van der Waals surface area contributed by atoms with Gasteiger partial charge < -0.3 is 34.7 Å². The number of rotatable bonds is 0. The van der Waals surface area contributed by atoms with Crippen molar-refractivity contribution in [2.45, 2.75) is 149 Å². The molecule has 3 saturated heterocycles. The van der Waals surface area contributed by atoms with Crippen molar-refractivity contribution >= 4 is 41.5 Å². The normalized spacial score (nSPS) is 26.6. The van der Waals surface area contributed by atoms with E-state index in [1.807, 2.05) is 25.7 Å². The SMILES string of the molecule is C1=C[C@H]2CC[C@@H]1C2.C1CCOC1.C1CCOC1.CC(C)(C)OC(=O)N1C[C@@H]2C=C[C@H]1C2.CC(C)(C)OC(=O)OC(=O)OC(C)(C)C.O=C1C[C@H]2C=C[C@@H]1C2.[AlH3].[H-].[Li+]. The zero-order valence-electron chi connectivity index (χ0n) is 36.6. The number of allylic oxidation sites excluding steroid dienone is 4. The van der Waals surface area contributed by atoms with Crippen LogP contribution in [0.25, 0.3) is 0 Å². The number of likely N-dealkylation sites (tertiary alicyclic amines) is 1. The smallest absolute Gasteiger partial charge is 1.00 e. The van der Waals surface area contributed by atoms with Crippen LogP contribution in [-0.4, -0.2) is 102 Å². The predicted molar refractivity (Wildman–Crippen MR) is 219 cm³/mol. The first kappa shape index (κ1) is 52.0. The number of nitrogens with zero attached hydrogens (tertiary/aromatic N) is 1. The van der Waals surface area contributed by atoms with E-state index >= 15 is 0 Å². The van der Waals surface area contributed by atoms with Gasteiger partial charge >= 0.3 is 37.3 Å². The van der Waals surface area contributed by atoms with E-state index in [1.54, 1.807) is 41.5 Å². The summed E-state index contributed by atoms with van der Waals surface area (Å²) in [6.07, 6.45) is 23.6. The number of amides is 1. The first-order chi connectivity index (χ1) is 25.3. The molecule has 8 aliphatic rings. The fraction of sp³-hybridized carbons (Fsp3) is 0.767. The fourth-order valence-corrected chi connectivity index (χ4v) is 6.96. The van der Waals surface area contributed by atoms with Crippen molar-refractivity contribution in [3.05, 3.63) is 36.5 Å². The van der Waals surface area contributed by atoms with Crippen LogP contribution in [0, 0.1) is 29.6 Å². The summed E-state index contributed by atoms with van der Waals surface area (Å²) >= 11 is 0. The maximum atomic E-state index is 11.7. The molecule has 13 heteroatoms. The largest absolute Gasteiger partial charge is 1.00 e. The third kappa shape index (κ3) is 21.6. The first-order valence-electron chi connectivity index (χ1n) is 20.1. The molecule has 8 rings (SSSR count). The number of ketones is 1. The van der Waals surface area contributed by atoms with Crippen LogP contribution >= 0.6 is 0 Å². The van der Waals surface area contributed by atoms with Crippen LogP contribution in [0.3, 0.4) is 0 Å². The number of hydrogen-bond acceptors (Lipinski definition) is 10. The number of carbonyl (C=O) groups excluding carboxylic acids is 4. The quantitative estimate of drug-likeness (QED) is 0.0991. The molecule has 2 saturated carbocycles. The van der Waals surface area contributed by atoms with Crippen LogP contribution in [-0.2, 0) is 33.2 Å². The molecule has 11 nitrogen and oxygen atoms in total. The van der Waals surface area contributed by atoms with E-state index < -0.39 is 23.5 Å². The number of Topliss-reactive ketones (excluding diaryl/α,β-unsaturated/α-hetero) is 1. The Labute approximate surface area is 361 Å². The minimum absolute atomic E-state index is 0. The molecule has 314 valence electrons. The molecule has 5 fully saturated rings. The van der Waals surface area contributed by atoms with Crippen molar-refractivity contribution in [2.24, 2.45) is 29.6 Å². The second-order valence-electron chi connectivity index (χ2n) is 18.1. The van der Waals surface area contributed by atoms with Gasteiger partial charge in [0.1, 0.15) is 22.6 Å². The molecular weight excluding hydrogens is 724 g/mol. The topological polar surface area (TPSA) is 127 Å². The fourth-order valence-electron chi connectivity index (χ4n) is 6.96. The van der Waals surface area contributed by atoms with Gasteiger partial charge in [0.05, 0.1) is 6.04 Å². The minimum Gasteiger partial charge on any atom is -1.00 e. The van der Waals surface area contributed by atoms with E-state index in [1.165, 1.54) is 44.9 Å². The van der Waals surface area contributed by atoms with E-state index in [2.05, 4.69) is 41.2 Å². The number of ether oxygens (including phenoxy) is 6. The van der Waals surface area contributed by atoms with Crippen molar-refractivity contribution in [3.63, 3.8) is 0 Å². The van der Waals surface area contributed by atoms with Gasteiger partial charge in [-0.3, -0.25) is 4.79 Å². The number of carbonyl (C=O) groups is 4. The molecule has 3 aliphatic heterocycles. The standard InChI is InChI=1S/C11H17NO2.C10H18O5.C7H8O.C7H10.2C4H8O.Al.Li.4H/c1-11(2,3)14-10(13)12-7-8-4-5-9(12)6-8;1-9(2,3)14-7(11)13-8(12)15-10(4,5)6;8-7-4-5-1-2-6(7)3-5;1-2-7-4-3-6(1)5-7;2*1-2-4-5-3-1;;;;;;/h4-5,8-9H,6-7H2,1-3H3;1-6H3;1-2,5-6H,3-4H2;1-2,6-7H,3-5H2;2*1-4H2;;;;;;/q;;;;;;;+1;;;;-1/t8-,9+;;5-,6+;6-,7+;;;;;;;;/m1.0........./s1. The van der Waals surface area contributed by atoms with Crippen LogP contribution in [0.5, 0.6) is 0 Å². The molecule has 0 radical (unpaired) electrons. The molecule has 0 aromatic carbocycles. The third-order valence-corrected chi connectivity index (χ3v) is 9.43. The van der Waals surface area contributed by atoms with Gasteiger partial charge in [0.2, 0.25) is 0 Å². The zero-order chi connectivity index (χ0) is 39.9. The second-order valence-corrected chi connectivity index (χ2v) is 18.1. The molecule has 6 atom stereocenters. The summed E-state index contributed by atoms with van der Waals surface area (Å²) in [6, 6.07) is 0.287. The van der Waals surface area contributed by atoms with Crippen molar-refractivity contribution in [1.29, 1.82) is 0 Å². The average molecular weight is 798 g/mol. The Morgan fingerprint density at radius 1 is 0.625 bits per heavy atom. The minimum atomic E-state index is -1.06. The monoisotopic (exact) mass is 798 g/mol. The molecule has 3 heterocycles. The maximum Gasteiger partial charge on any atom is 1.00 e. The molecule has 6 bridgehead atoms. The van der Waals surface area contributed by atoms with Crippen LogP contribution in [0.4, 0.5) is 14.4 Å². The van der Waals surface area contributed by atoms with Crippen LogP contribution in [0.2, 0.25) is 0 Å². The van der Waals surface area contributed by atoms with E-state index in [-0.39, 0.29) is 55.4 Å². The Bertz CT molecular complexity index is 1250. The molecule has 56 heavy (non-hydrogen) atoms. The summed E-state index contributed by atoms with van der Waals surface area (Å²) in [7, 11) is 0. The van der Waals surface area contributed by atoms with Crippen molar-refractivity contribution in [2.75, 3.05) is 33.0 Å². The van der Waals surface area contributed by atoms with Gasteiger partial charge in [-0.05, 0) is 144 Å². The summed E-state index contributed by atoms with van der Waals surface area (Å²) in [6.45, 7) is 20.5. The van der Waals surface area contributed by atoms with Crippen molar-refractivity contribution in [1.82, 2.24) is 4.90 Å². The molecule has 0 spiro atoms. The zero-order valence-corrected chi connectivity index (χ0v) is 35.6. The molecule has 0 aromatic heterocycles. The second kappa shape index (κ2) is 24.8. The Balaban J connectivity index is 0.000000682. The Morgan fingerprint density at radius 3 is 1.30 bits per heavy atom. The van der Waals surface area contributed by atoms with Crippen LogP contribution in [0.15, 0.2) is 36.5 Å². The summed E-state index contributed by atoms with van der Waals surface area (Å²) in [5.74, 6) is 3.94. The van der Waals surface area contributed by atoms with Gasteiger partial charge in [0.15, 0.2) is 17.4 Å². The molecule has 0 N–H and O–H groups in total. The number of hydrogen-bond donors (Lipinski definition) is 0. The van der Waals surface area contributed by atoms with E-state index in [4.69, 9.17) is 23.7 Å². The molecule has 0 aromatic rings. The van der Waals surface area contributed by atoms with E-state index in [0.717, 1.165) is 64.1 Å². The van der Waals surface area contributed by atoms with Gasteiger partial charge in [-0.2, -0.15) is 0 Å². The summed E-state index contributed by atoms with van der Waals surface area (Å²) < 4.78 is 29.0. The van der Waals surface area contributed by atoms with Crippen LogP contribution in [0.1, 0.15) is 128 Å². The third-order valence-electron chi connectivity index (χ3n) is 9.43. The Hall–Kier alpha value is -2.05. The average Bonchev–Trinajstić information content (AvgIpc) is 3.90. The van der Waals surface area contributed by atoms with Gasteiger partial charge in [-0.15, -0.1) is 0 Å². The molecular formula is C43H73AlLiNO10. The molecule has 0 unspecified atom stereocenters.